The fourth-order valence-electron chi connectivity index (χ4n) is 2.51. The zero-order valence-corrected chi connectivity index (χ0v) is 10.7. The zero-order valence-electron chi connectivity index (χ0n) is 10.7. The van der Waals surface area contributed by atoms with Crippen molar-refractivity contribution in [3.8, 4) is 0 Å². The van der Waals surface area contributed by atoms with Crippen molar-refractivity contribution >= 4 is 11.9 Å². The van der Waals surface area contributed by atoms with Gasteiger partial charge in [-0.3, -0.25) is 4.79 Å². The molecule has 1 aromatic carbocycles. The molecule has 0 fully saturated rings. The summed E-state index contributed by atoms with van der Waals surface area (Å²) in [5.41, 5.74) is 2.34. The van der Waals surface area contributed by atoms with Gasteiger partial charge in [-0.1, -0.05) is 24.3 Å². The quantitative estimate of drug-likeness (QED) is 0.906. The molecule has 5 heteroatoms. The molecule has 1 aliphatic heterocycles. The molecule has 0 saturated carbocycles. The van der Waals surface area contributed by atoms with E-state index in [4.69, 9.17) is 4.42 Å². The van der Waals surface area contributed by atoms with Crippen LogP contribution in [0.5, 0.6) is 0 Å². The lowest BCUT2D eigenvalue weighted by Gasteiger charge is -2.34. The van der Waals surface area contributed by atoms with Crippen LogP contribution in [0, 0.1) is 0 Å². The number of carbonyl (C=O) groups is 2. The Labute approximate surface area is 115 Å². The van der Waals surface area contributed by atoms with Crippen molar-refractivity contribution in [2.75, 3.05) is 0 Å². The lowest BCUT2D eigenvalue weighted by Crippen LogP contribution is -2.48. The van der Waals surface area contributed by atoms with Crippen molar-refractivity contribution in [3.05, 3.63) is 59.5 Å². The molecule has 1 amide bonds. The topological polar surface area (TPSA) is 70.8 Å². The molecule has 1 N–H and O–H groups in total. The third-order valence-electron chi connectivity index (χ3n) is 3.56. The van der Waals surface area contributed by atoms with Gasteiger partial charge in [0, 0.05) is 13.0 Å². The number of hydrogen-bond donors (Lipinski definition) is 1. The Morgan fingerprint density at radius 3 is 2.60 bits per heavy atom. The van der Waals surface area contributed by atoms with Gasteiger partial charge in [0.25, 0.3) is 5.91 Å². The Hall–Kier alpha value is -2.56. The van der Waals surface area contributed by atoms with Gasteiger partial charge in [-0.25, -0.2) is 4.79 Å². The molecule has 0 saturated heterocycles. The van der Waals surface area contributed by atoms with Crippen LogP contribution in [-0.4, -0.2) is 27.9 Å². The van der Waals surface area contributed by atoms with Crippen LogP contribution >= 0.6 is 0 Å². The number of benzene rings is 1. The van der Waals surface area contributed by atoms with Crippen LogP contribution in [0.2, 0.25) is 0 Å². The molecule has 1 aromatic heterocycles. The first-order valence-electron chi connectivity index (χ1n) is 6.29. The summed E-state index contributed by atoms with van der Waals surface area (Å²) in [5.74, 6) is -1.31. The van der Waals surface area contributed by atoms with E-state index >= 15 is 0 Å². The number of nitrogens with zero attached hydrogens (tertiary/aromatic N) is 1. The Kier molecular flexibility index (Phi) is 3.02. The highest BCUT2D eigenvalue weighted by molar-refractivity contribution is 5.96. The summed E-state index contributed by atoms with van der Waals surface area (Å²) in [6, 6.07) is 8.30. The summed E-state index contributed by atoms with van der Waals surface area (Å²) >= 11 is 0. The number of carboxylic acids is 1. The van der Waals surface area contributed by atoms with E-state index in [0.717, 1.165) is 11.1 Å². The van der Waals surface area contributed by atoms with Crippen molar-refractivity contribution in [3.63, 3.8) is 0 Å². The van der Waals surface area contributed by atoms with Gasteiger partial charge in [0.1, 0.15) is 12.3 Å². The summed E-state index contributed by atoms with van der Waals surface area (Å²) < 4.78 is 4.90. The van der Waals surface area contributed by atoms with Crippen molar-refractivity contribution in [2.45, 2.75) is 19.0 Å². The molecule has 2 aromatic rings. The minimum absolute atomic E-state index is 0.303. The van der Waals surface area contributed by atoms with E-state index < -0.39 is 12.0 Å². The second kappa shape index (κ2) is 4.85. The number of carbonyl (C=O) groups excluding carboxylic acids is 1. The molecule has 2 heterocycles. The number of rotatable bonds is 2. The van der Waals surface area contributed by atoms with Crippen molar-refractivity contribution in [2.24, 2.45) is 0 Å². The molecule has 5 nitrogen and oxygen atoms in total. The van der Waals surface area contributed by atoms with E-state index in [1.54, 1.807) is 6.07 Å². The monoisotopic (exact) mass is 271 g/mol. The summed E-state index contributed by atoms with van der Waals surface area (Å²) in [5, 5.41) is 9.36. The Morgan fingerprint density at radius 1 is 1.20 bits per heavy atom. The molecule has 1 atom stereocenters. The van der Waals surface area contributed by atoms with Crippen molar-refractivity contribution < 1.29 is 19.1 Å². The predicted octanol–water partition coefficient (Wildman–Crippen LogP) is 1.93. The number of aliphatic carboxylic acids is 1. The van der Waals surface area contributed by atoms with Crippen LogP contribution in [0.3, 0.4) is 0 Å². The first kappa shape index (κ1) is 12.5. The van der Waals surface area contributed by atoms with E-state index in [9.17, 15) is 14.7 Å². The molecular formula is C15H13NO4. The number of amides is 1. The number of carboxylic acid groups (broad SMARTS) is 1. The van der Waals surface area contributed by atoms with Gasteiger partial charge >= 0.3 is 5.97 Å². The van der Waals surface area contributed by atoms with Gasteiger partial charge in [-0.2, -0.15) is 0 Å². The molecule has 0 radical (unpaired) electrons. The Bertz CT molecular complexity index is 648. The molecule has 20 heavy (non-hydrogen) atoms. The molecule has 0 bridgehead atoms. The standard InChI is InChI=1S/C15H13NO4/c17-14(12-5-6-20-9-12)16-8-11-4-2-1-3-10(11)7-13(16)15(18)19/h1-6,9,13H,7-8H2,(H,18,19)/t13-/m1/s1. The molecule has 0 aliphatic carbocycles. The van der Waals surface area contributed by atoms with Gasteiger partial charge in [-0.05, 0) is 17.2 Å². The molecule has 102 valence electrons. The molecule has 1 aliphatic rings. The first-order valence-corrected chi connectivity index (χ1v) is 6.29. The minimum atomic E-state index is -0.989. The fourth-order valence-corrected chi connectivity index (χ4v) is 2.51. The van der Waals surface area contributed by atoms with Gasteiger partial charge in [-0.15, -0.1) is 0 Å². The second-order valence-corrected chi connectivity index (χ2v) is 4.77. The molecule has 3 rings (SSSR count). The van der Waals surface area contributed by atoms with E-state index in [1.165, 1.54) is 17.4 Å². The maximum atomic E-state index is 12.4. The molecule has 0 unspecified atom stereocenters. The van der Waals surface area contributed by atoms with Crippen molar-refractivity contribution in [1.82, 2.24) is 4.90 Å². The van der Waals surface area contributed by atoms with Gasteiger partial charge < -0.3 is 14.4 Å². The van der Waals surface area contributed by atoms with E-state index in [2.05, 4.69) is 0 Å². The van der Waals surface area contributed by atoms with Crippen LogP contribution in [0.4, 0.5) is 0 Å². The lowest BCUT2D eigenvalue weighted by atomic mass is 9.93. The van der Waals surface area contributed by atoms with Crippen LogP contribution in [-0.2, 0) is 17.8 Å². The lowest BCUT2D eigenvalue weighted by molar-refractivity contribution is -0.142. The van der Waals surface area contributed by atoms with Gasteiger partial charge in [0.2, 0.25) is 0 Å². The van der Waals surface area contributed by atoms with E-state index in [1.807, 2.05) is 24.3 Å². The third-order valence-corrected chi connectivity index (χ3v) is 3.56. The van der Waals surface area contributed by atoms with Gasteiger partial charge in [0.15, 0.2) is 0 Å². The summed E-state index contributed by atoms with van der Waals surface area (Å²) in [6.45, 7) is 0.303. The molecule has 0 spiro atoms. The summed E-state index contributed by atoms with van der Waals surface area (Å²) in [6.07, 6.45) is 3.07. The largest absolute Gasteiger partial charge is 0.480 e. The normalized spacial score (nSPS) is 17.6. The highest BCUT2D eigenvalue weighted by Crippen LogP contribution is 2.25. The average Bonchev–Trinajstić information content (AvgIpc) is 2.99. The predicted molar refractivity (Wildman–Crippen MR) is 70.2 cm³/mol. The summed E-state index contributed by atoms with van der Waals surface area (Å²) in [7, 11) is 0. The SMILES string of the molecule is O=C(O)[C@H]1Cc2ccccc2CN1C(=O)c1ccoc1. The Balaban J connectivity index is 1.96. The maximum absolute atomic E-state index is 12.4. The second-order valence-electron chi connectivity index (χ2n) is 4.77. The third kappa shape index (κ3) is 2.07. The van der Waals surface area contributed by atoms with Crippen molar-refractivity contribution in [1.29, 1.82) is 0 Å². The first-order chi connectivity index (χ1) is 9.66. The number of furan rings is 1. The molecular weight excluding hydrogens is 258 g/mol. The fraction of sp³-hybridized carbons (Fsp3) is 0.200. The van der Waals surface area contributed by atoms with Gasteiger partial charge in [0.05, 0.1) is 11.8 Å². The van der Waals surface area contributed by atoms with E-state index in [0.29, 0.717) is 18.5 Å². The van der Waals surface area contributed by atoms with Crippen LogP contribution in [0.25, 0.3) is 0 Å². The van der Waals surface area contributed by atoms with E-state index in [-0.39, 0.29) is 5.91 Å². The highest BCUT2D eigenvalue weighted by Gasteiger charge is 2.35. The highest BCUT2D eigenvalue weighted by atomic mass is 16.4. The number of fused-ring (bicyclic) bond motifs is 1. The van der Waals surface area contributed by atoms with Crippen LogP contribution in [0.15, 0.2) is 47.3 Å². The minimum Gasteiger partial charge on any atom is -0.480 e. The van der Waals surface area contributed by atoms with Crippen LogP contribution in [0.1, 0.15) is 21.5 Å². The number of hydrogen-bond acceptors (Lipinski definition) is 3. The average molecular weight is 271 g/mol. The zero-order chi connectivity index (χ0) is 14.1. The Morgan fingerprint density at radius 2 is 1.95 bits per heavy atom. The smallest absolute Gasteiger partial charge is 0.326 e. The maximum Gasteiger partial charge on any atom is 0.326 e. The van der Waals surface area contributed by atoms with Crippen LogP contribution < -0.4 is 0 Å². The summed E-state index contributed by atoms with van der Waals surface area (Å²) in [4.78, 5) is 25.2.